The Hall–Kier alpha value is -3.00. The molecule has 2 amide bonds. The highest BCUT2D eigenvalue weighted by Gasteiger charge is 2.12. The molecule has 0 aliphatic carbocycles. The van der Waals surface area contributed by atoms with Gasteiger partial charge in [0, 0.05) is 24.7 Å². The van der Waals surface area contributed by atoms with E-state index in [1.165, 1.54) is 18.3 Å². The minimum atomic E-state index is -0.614. The molecule has 8 heteroatoms. The molecular formula is C18H18N2O5S. The normalized spacial score (nSPS) is 10.0. The van der Waals surface area contributed by atoms with Crippen molar-refractivity contribution in [3.05, 3.63) is 46.7 Å². The molecule has 7 nitrogen and oxygen atoms in total. The molecule has 0 aliphatic rings. The average Bonchev–Trinajstić information content (AvgIpc) is 3.12. The lowest BCUT2D eigenvalue weighted by atomic mass is 10.2. The Morgan fingerprint density at radius 1 is 1.00 bits per heavy atom. The van der Waals surface area contributed by atoms with Gasteiger partial charge in [-0.3, -0.25) is 19.2 Å². The van der Waals surface area contributed by atoms with Crippen LogP contribution >= 0.6 is 11.3 Å². The summed E-state index contributed by atoms with van der Waals surface area (Å²) in [5.74, 6) is -1.48. The Labute approximate surface area is 154 Å². The van der Waals surface area contributed by atoms with Gasteiger partial charge in [-0.1, -0.05) is 12.1 Å². The standard InChI is InChI=1S/C18H18N2O5S/c1-12(21)19-13-4-2-5-14(10-13)20-17(23)11-25-18(24)8-7-15(22)16-6-3-9-26-16/h2-6,9-10H,7-8,11H2,1H3,(H,19,21)(H,20,23). The molecule has 2 aromatic rings. The van der Waals surface area contributed by atoms with Gasteiger partial charge in [0.2, 0.25) is 5.91 Å². The predicted molar refractivity (Wildman–Crippen MR) is 98.2 cm³/mol. The summed E-state index contributed by atoms with van der Waals surface area (Å²) in [4.78, 5) is 46.9. The van der Waals surface area contributed by atoms with Crippen molar-refractivity contribution in [3.8, 4) is 0 Å². The quantitative estimate of drug-likeness (QED) is 0.546. The van der Waals surface area contributed by atoms with E-state index in [0.29, 0.717) is 16.3 Å². The molecule has 0 aliphatic heterocycles. The molecule has 1 aromatic carbocycles. The summed E-state index contributed by atoms with van der Waals surface area (Å²) in [6.45, 7) is 0.935. The Kier molecular flexibility index (Phi) is 7.04. The van der Waals surface area contributed by atoms with Crippen molar-refractivity contribution >= 4 is 46.3 Å². The molecule has 0 unspecified atom stereocenters. The number of thiophene rings is 1. The number of esters is 1. The fourth-order valence-corrected chi connectivity index (χ4v) is 2.76. The first kappa shape index (κ1) is 19.3. The number of hydrogen-bond donors (Lipinski definition) is 2. The van der Waals surface area contributed by atoms with Crippen molar-refractivity contribution in [2.24, 2.45) is 0 Å². The zero-order valence-corrected chi connectivity index (χ0v) is 14.9. The molecule has 0 radical (unpaired) electrons. The summed E-state index contributed by atoms with van der Waals surface area (Å²) in [6.07, 6.45) is -0.0399. The van der Waals surface area contributed by atoms with Gasteiger partial charge in [0.15, 0.2) is 12.4 Å². The van der Waals surface area contributed by atoms with Gasteiger partial charge in [-0.15, -0.1) is 11.3 Å². The van der Waals surface area contributed by atoms with E-state index >= 15 is 0 Å². The van der Waals surface area contributed by atoms with Crippen LogP contribution < -0.4 is 10.6 Å². The first-order valence-corrected chi connectivity index (χ1v) is 8.72. The molecule has 0 bridgehead atoms. The van der Waals surface area contributed by atoms with E-state index in [2.05, 4.69) is 10.6 Å². The smallest absolute Gasteiger partial charge is 0.306 e. The van der Waals surface area contributed by atoms with Gasteiger partial charge in [-0.05, 0) is 29.6 Å². The van der Waals surface area contributed by atoms with E-state index in [1.807, 2.05) is 0 Å². The number of ether oxygens (including phenoxy) is 1. The van der Waals surface area contributed by atoms with Crippen molar-refractivity contribution in [1.29, 1.82) is 0 Å². The maximum Gasteiger partial charge on any atom is 0.306 e. The van der Waals surface area contributed by atoms with Gasteiger partial charge in [0.1, 0.15) is 0 Å². The van der Waals surface area contributed by atoms with Crippen molar-refractivity contribution in [2.75, 3.05) is 17.2 Å². The van der Waals surface area contributed by atoms with Crippen LogP contribution in [0.15, 0.2) is 41.8 Å². The Bertz CT molecular complexity index is 802. The van der Waals surface area contributed by atoms with Crippen LogP contribution in [0.3, 0.4) is 0 Å². The lowest BCUT2D eigenvalue weighted by Crippen LogP contribution is -2.21. The van der Waals surface area contributed by atoms with Gasteiger partial charge in [0.25, 0.3) is 5.91 Å². The highest BCUT2D eigenvalue weighted by Crippen LogP contribution is 2.15. The molecule has 26 heavy (non-hydrogen) atoms. The predicted octanol–water partition coefficient (Wildman–Crippen LogP) is 2.85. The van der Waals surface area contributed by atoms with Gasteiger partial charge in [0.05, 0.1) is 11.3 Å². The minimum absolute atomic E-state index is 0.0414. The summed E-state index contributed by atoms with van der Waals surface area (Å²) in [5.41, 5.74) is 1.00. The molecule has 0 spiro atoms. The second kappa shape index (κ2) is 9.47. The zero-order valence-electron chi connectivity index (χ0n) is 14.1. The summed E-state index contributed by atoms with van der Waals surface area (Å²) in [7, 11) is 0. The van der Waals surface area contributed by atoms with E-state index in [9.17, 15) is 19.2 Å². The number of nitrogens with one attached hydrogen (secondary N) is 2. The molecule has 2 rings (SSSR count). The number of anilines is 2. The average molecular weight is 374 g/mol. The van der Waals surface area contributed by atoms with E-state index in [1.54, 1.807) is 41.8 Å². The fraction of sp³-hybridized carbons (Fsp3) is 0.222. The van der Waals surface area contributed by atoms with Crippen LogP contribution in [0.2, 0.25) is 0 Å². The van der Waals surface area contributed by atoms with Crippen LogP contribution in [0.1, 0.15) is 29.4 Å². The first-order valence-electron chi connectivity index (χ1n) is 7.84. The Morgan fingerprint density at radius 3 is 2.38 bits per heavy atom. The lowest BCUT2D eigenvalue weighted by Gasteiger charge is -2.08. The molecule has 0 saturated carbocycles. The molecule has 2 N–H and O–H groups in total. The van der Waals surface area contributed by atoms with Crippen molar-refractivity contribution in [2.45, 2.75) is 19.8 Å². The fourth-order valence-electron chi connectivity index (χ4n) is 2.07. The monoisotopic (exact) mass is 374 g/mol. The Balaban J connectivity index is 1.73. The molecule has 0 saturated heterocycles. The van der Waals surface area contributed by atoms with Gasteiger partial charge >= 0.3 is 5.97 Å². The number of rotatable bonds is 8. The molecule has 136 valence electrons. The van der Waals surface area contributed by atoms with Crippen molar-refractivity contribution in [1.82, 2.24) is 0 Å². The number of ketones is 1. The number of carbonyl (C=O) groups is 4. The number of amides is 2. The summed E-state index contributed by atoms with van der Waals surface area (Å²) >= 11 is 1.31. The van der Waals surface area contributed by atoms with Crippen LogP contribution in [0.5, 0.6) is 0 Å². The number of hydrogen-bond acceptors (Lipinski definition) is 6. The molecule has 1 aromatic heterocycles. The third-order valence-electron chi connectivity index (χ3n) is 3.18. The topological polar surface area (TPSA) is 102 Å². The zero-order chi connectivity index (χ0) is 18.9. The summed E-state index contributed by atoms with van der Waals surface area (Å²) in [6, 6.07) is 10.0. The van der Waals surface area contributed by atoms with E-state index in [-0.39, 0.29) is 24.5 Å². The highest BCUT2D eigenvalue weighted by molar-refractivity contribution is 7.12. The third kappa shape index (κ3) is 6.48. The summed E-state index contributed by atoms with van der Waals surface area (Å²) < 4.78 is 4.87. The molecule has 1 heterocycles. The van der Waals surface area contributed by atoms with Crippen LogP contribution in [0.4, 0.5) is 11.4 Å². The van der Waals surface area contributed by atoms with Crippen molar-refractivity contribution in [3.63, 3.8) is 0 Å². The molecule has 0 atom stereocenters. The maximum atomic E-state index is 11.8. The number of Topliss-reactive ketones (excluding diaryl/α,β-unsaturated/α-hetero) is 1. The maximum absolute atomic E-state index is 11.8. The van der Waals surface area contributed by atoms with E-state index in [4.69, 9.17) is 4.74 Å². The van der Waals surface area contributed by atoms with E-state index in [0.717, 1.165) is 0 Å². The number of carbonyl (C=O) groups excluding carboxylic acids is 4. The second-order valence-corrected chi connectivity index (χ2v) is 6.32. The second-order valence-electron chi connectivity index (χ2n) is 5.37. The number of benzene rings is 1. The third-order valence-corrected chi connectivity index (χ3v) is 4.09. The molecule has 0 fully saturated rings. The van der Waals surface area contributed by atoms with Crippen molar-refractivity contribution < 1.29 is 23.9 Å². The van der Waals surface area contributed by atoms with Gasteiger partial charge < -0.3 is 15.4 Å². The lowest BCUT2D eigenvalue weighted by molar-refractivity contribution is -0.147. The van der Waals surface area contributed by atoms with Crippen LogP contribution in [0.25, 0.3) is 0 Å². The van der Waals surface area contributed by atoms with Gasteiger partial charge in [-0.2, -0.15) is 0 Å². The first-order chi connectivity index (χ1) is 12.4. The molecular weight excluding hydrogens is 356 g/mol. The Morgan fingerprint density at radius 2 is 1.73 bits per heavy atom. The largest absolute Gasteiger partial charge is 0.456 e. The minimum Gasteiger partial charge on any atom is -0.456 e. The van der Waals surface area contributed by atoms with Crippen LogP contribution in [0, 0.1) is 0 Å². The SMILES string of the molecule is CC(=O)Nc1cccc(NC(=O)COC(=O)CCC(=O)c2cccs2)c1. The van der Waals surface area contributed by atoms with E-state index < -0.39 is 18.5 Å². The summed E-state index contributed by atoms with van der Waals surface area (Å²) in [5, 5.41) is 6.95. The van der Waals surface area contributed by atoms with Crippen LogP contribution in [-0.2, 0) is 19.1 Å². The van der Waals surface area contributed by atoms with Crippen LogP contribution in [-0.4, -0.2) is 30.2 Å². The van der Waals surface area contributed by atoms with Gasteiger partial charge in [-0.25, -0.2) is 0 Å². The highest BCUT2D eigenvalue weighted by atomic mass is 32.1.